The lowest BCUT2D eigenvalue weighted by Gasteiger charge is -2.21. The van der Waals surface area contributed by atoms with Gasteiger partial charge in [0, 0.05) is 18.8 Å². The molecule has 0 bridgehead atoms. The Bertz CT molecular complexity index is 538. The molecule has 0 aromatic heterocycles. The smallest absolute Gasteiger partial charge is 0.335 e. The Balaban J connectivity index is 2.82. The largest absolute Gasteiger partial charge is 0.478 e. The molecule has 0 saturated heterocycles. The van der Waals surface area contributed by atoms with Crippen molar-refractivity contribution in [1.29, 1.82) is 0 Å². The summed E-state index contributed by atoms with van der Waals surface area (Å²) >= 11 is 0. The van der Waals surface area contributed by atoms with Crippen LogP contribution in [0.4, 0.5) is 10.5 Å². The number of hydrogen-bond donors (Lipinski definition) is 2. The molecule has 0 atom stereocenters. The van der Waals surface area contributed by atoms with E-state index in [1.165, 1.54) is 6.07 Å². The second-order valence-electron chi connectivity index (χ2n) is 4.74. The van der Waals surface area contributed by atoms with E-state index in [0.29, 0.717) is 24.3 Å². The first-order chi connectivity index (χ1) is 9.35. The SMILES string of the molecule is C=C(C)CN(CC)C(=O)Nc1ccc(C(=O)O)c(C)c1. The van der Waals surface area contributed by atoms with Gasteiger partial charge in [-0.05, 0) is 44.5 Å². The molecule has 0 heterocycles. The van der Waals surface area contributed by atoms with Crippen LogP contribution in [0, 0.1) is 6.92 Å². The molecule has 0 aliphatic carbocycles. The van der Waals surface area contributed by atoms with Crippen molar-refractivity contribution in [3.63, 3.8) is 0 Å². The standard InChI is InChI=1S/C15H20N2O3/c1-5-17(9-10(2)3)15(20)16-12-6-7-13(14(18)19)11(4)8-12/h6-8H,2,5,9H2,1,3-4H3,(H,16,20)(H,18,19). The summed E-state index contributed by atoms with van der Waals surface area (Å²) < 4.78 is 0. The zero-order valence-electron chi connectivity index (χ0n) is 12.1. The van der Waals surface area contributed by atoms with Crippen LogP contribution < -0.4 is 5.32 Å². The van der Waals surface area contributed by atoms with Gasteiger partial charge in [-0.1, -0.05) is 12.2 Å². The molecule has 108 valence electrons. The molecular formula is C15H20N2O3. The van der Waals surface area contributed by atoms with E-state index in [-0.39, 0.29) is 11.6 Å². The van der Waals surface area contributed by atoms with Crippen molar-refractivity contribution in [2.24, 2.45) is 0 Å². The van der Waals surface area contributed by atoms with Gasteiger partial charge in [-0.3, -0.25) is 0 Å². The van der Waals surface area contributed by atoms with E-state index in [4.69, 9.17) is 5.11 Å². The Morgan fingerprint density at radius 2 is 2.05 bits per heavy atom. The van der Waals surface area contributed by atoms with Gasteiger partial charge >= 0.3 is 12.0 Å². The molecule has 1 aromatic rings. The zero-order valence-corrected chi connectivity index (χ0v) is 12.1. The Hall–Kier alpha value is -2.30. The van der Waals surface area contributed by atoms with Crippen molar-refractivity contribution >= 4 is 17.7 Å². The van der Waals surface area contributed by atoms with Crippen molar-refractivity contribution in [3.8, 4) is 0 Å². The minimum atomic E-state index is -0.974. The number of amides is 2. The minimum Gasteiger partial charge on any atom is -0.478 e. The topological polar surface area (TPSA) is 69.6 Å². The van der Waals surface area contributed by atoms with Gasteiger partial charge in [0.2, 0.25) is 0 Å². The second kappa shape index (κ2) is 6.75. The number of hydrogen-bond acceptors (Lipinski definition) is 2. The van der Waals surface area contributed by atoms with E-state index >= 15 is 0 Å². The third-order valence-corrected chi connectivity index (χ3v) is 2.84. The first-order valence-corrected chi connectivity index (χ1v) is 6.39. The number of aryl methyl sites for hydroxylation is 1. The molecule has 0 fully saturated rings. The van der Waals surface area contributed by atoms with Crippen LogP contribution in [-0.4, -0.2) is 35.1 Å². The monoisotopic (exact) mass is 276 g/mol. The average Bonchev–Trinajstić information content (AvgIpc) is 2.35. The number of benzene rings is 1. The van der Waals surface area contributed by atoms with Crippen molar-refractivity contribution in [1.82, 2.24) is 4.90 Å². The van der Waals surface area contributed by atoms with Crippen LogP contribution in [0.5, 0.6) is 0 Å². The molecule has 0 saturated carbocycles. The van der Waals surface area contributed by atoms with Gasteiger partial charge in [0.15, 0.2) is 0 Å². The van der Waals surface area contributed by atoms with Crippen molar-refractivity contribution in [2.45, 2.75) is 20.8 Å². The maximum atomic E-state index is 12.1. The van der Waals surface area contributed by atoms with Crippen LogP contribution in [0.25, 0.3) is 0 Å². The highest BCUT2D eigenvalue weighted by molar-refractivity contribution is 5.92. The molecule has 0 spiro atoms. The maximum absolute atomic E-state index is 12.1. The summed E-state index contributed by atoms with van der Waals surface area (Å²) in [7, 11) is 0. The number of aromatic carboxylic acids is 1. The maximum Gasteiger partial charge on any atom is 0.335 e. The second-order valence-corrected chi connectivity index (χ2v) is 4.74. The number of anilines is 1. The fourth-order valence-corrected chi connectivity index (χ4v) is 1.84. The molecule has 2 amide bonds. The first-order valence-electron chi connectivity index (χ1n) is 6.39. The minimum absolute atomic E-state index is 0.224. The van der Waals surface area contributed by atoms with Gasteiger partial charge in [-0.2, -0.15) is 0 Å². The van der Waals surface area contributed by atoms with Crippen LogP contribution in [-0.2, 0) is 0 Å². The number of urea groups is 1. The molecule has 20 heavy (non-hydrogen) atoms. The summed E-state index contributed by atoms with van der Waals surface area (Å²) in [5, 5.41) is 11.7. The summed E-state index contributed by atoms with van der Waals surface area (Å²) in [5.41, 5.74) is 2.33. The van der Waals surface area contributed by atoms with Crippen LogP contribution in [0.15, 0.2) is 30.4 Å². The van der Waals surface area contributed by atoms with Gasteiger partial charge in [-0.25, -0.2) is 9.59 Å². The van der Waals surface area contributed by atoms with Crippen molar-refractivity contribution < 1.29 is 14.7 Å². The number of nitrogens with zero attached hydrogens (tertiary/aromatic N) is 1. The fraction of sp³-hybridized carbons (Fsp3) is 0.333. The van der Waals surface area contributed by atoms with Gasteiger partial charge in [-0.15, -0.1) is 0 Å². The number of carbonyl (C=O) groups excluding carboxylic acids is 1. The van der Waals surface area contributed by atoms with Crippen molar-refractivity contribution in [2.75, 3.05) is 18.4 Å². The predicted molar refractivity (Wildman–Crippen MR) is 79.2 cm³/mol. The van der Waals surface area contributed by atoms with Gasteiger partial charge < -0.3 is 15.3 Å². The van der Waals surface area contributed by atoms with E-state index < -0.39 is 5.97 Å². The van der Waals surface area contributed by atoms with Crippen LogP contribution in [0.2, 0.25) is 0 Å². The number of carboxylic acid groups (broad SMARTS) is 1. The highest BCUT2D eigenvalue weighted by Gasteiger charge is 2.13. The van der Waals surface area contributed by atoms with E-state index in [0.717, 1.165) is 5.57 Å². The van der Waals surface area contributed by atoms with Crippen LogP contribution in [0.1, 0.15) is 29.8 Å². The Kier molecular flexibility index (Phi) is 5.32. The molecule has 0 aliphatic heterocycles. The third-order valence-electron chi connectivity index (χ3n) is 2.84. The Morgan fingerprint density at radius 1 is 1.40 bits per heavy atom. The lowest BCUT2D eigenvalue weighted by Crippen LogP contribution is -2.35. The normalized spacial score (nSPS) is 9.95. The molecular weight excluding hydrogens is 256 g/mol. The van der Waals surface area contributed by atoms with Gasteiger partial charge in [0.25, 0.3) is 0 Å². The Morgan fingerprint density at radius 3 is 2.50 bits per heavy atom. The average molecular weight is 276 g/mol. The fourth-order valence-electron chi connectivity index (χ4n) is 1.84. The molecule has 0 unspecified atom stereocenters. The summed E-state index contributed by atoms with van der Waals surface area (Å²) in [5.74, 6) is -0.974. The lowest BCUT2D eigenvalue weighted by atomic mass is 10.1. The summed E-state index contributed by atoms with van der Waals surface area (Å²) in [6, 6.07) is 4.50. The van der Waals surface area contributed by atoms with Gasteiger partial charge in [0.1, 0.15) is 0 Å². The molecule has 1 rings (SSSR count). The van der Waals surface area contributed by atoms with Crippen LogP contribution in [0.3, 0.4) is 0 Å². The Labute approximate surface area is 118 Å². The molecule has 5 heteroatoms. The summed E-state index contributed by atoms with van der Waals surface area (Å²) in [4.78, 5) is 24.6. The van der Waals surface area contributed by atoms with Gasteiger partial charge in [0.05, 0.1) is 5.56 Å². The molecule has 0 aliphatic rings. The van der Waals surface area contributed by atoms with E-state index in [1.807, 2.05) is 13.8 Å². The highest BCUT2D eigenvalue weighted by Crippen LogP contribution is 2.16. The van der Waals surface area contributed by atoms with E-state index in [9.17, 15) is 9.59 Å². The van der Waals surface area contributed by atoms with Crippen molar-refractivity contribution in [3.05, 3.63) is 41.5 Å². The summed E-state index contributed by atoms with van der Waals surface area (Å²) in [6.45, 7) is 10.3. The summed E-state index contributed by atoms with van der Waals surface area (Å²) in [6.07, 6.45) is 0. The quantitative estimate of drug-likeness (QED) is 0.812. The third kappa shape index (κ3) is 4.12. The van der Waals surface area contributed by atoms with E-state index in [1.54, 1.807) is 24.0 Å². The molecule has 0 radical (unpaired) electrons. The predicted octanol–water partition coefficient (Wildman–Crippen LogP) is 3.12. The molecule has 5 nitrogen and oxygen atoms in total. The zero-order chi connectivity index (χ0) is 15.3. The number of carbonyl (C=O) groups is 2. The number of likely N-dealkylation sites (N-methyl/N-ethyl adjacent to an activating group) is 1. The molecule has 2 N–H and O–H groups in total. The van der Waals surface area contributed by atoms with E-state index in [2.05, 4.69) is 11.9 Å². The first kappa shape index (κ1) is 15.8. The number of carboxylic acids is 1. The number of nitrogens with one attached hydrogen (secondary N) is 1. The molecule has 1 aromatic carbocycles. The highest BCUT2D eigenvalue weighted by atomic mass is 16.4. The number of rotatable bonds is 5. The van der Waals surface area contributed by atoms with Crippen LogP contribution >= 0.6 is 0 Å². The lowest BCUT2D eigenvalue weighted by molar-refractivity contribution is 0.0696.